The van der Waals surface area contributed by atoms with Gasteiger partial charge in [-0.05, 0) is 35.4 Å². The highest BCUT2D eigenvalue weighted by molar-refractivity contribution is 5.97. The van der Waals surface area contributed by atoms with Crippen molar-refractivity contribution in [2.45, 2.75) is 25.4 Å². The molecule has 0 saturated heterocycles. The van der Waals surface area contributed by atoms with E-state index >= 15 is 0 Å². The van der Waals surface area contributed by atoms with Crippen LogP contribution in [0.4, 0.5) is 13.2 Å². The van der Waals surface area contributed by atoms with Crippen LogP contribution < -0.4 is 10.5 Å². The lowest BCUT2D eigenvalue weighted by Gasteiger charge is -2.35. The SMILES string of the molecule is NC(=O)[C@@H]1Cc2ccccc2CN1C(=O)c1ccc(OC(F)(F)F)cc1. The van der Waals surface area contributed by atoms with Crippen LogP contribution in [-0.2, 0) is 17.8 Å². The molecule has 0 radical (unpaired) electrons. The predicted octanol–water partition coefficient (Wildman–Crippen LogP) is 2.64. The zero-order valence-corrected chi connectivity index (χ0v) is 13.5. The Morgan fingerprint density at radius 2 is 1.65 bits per heavy atom. The van der Waals surface area contributed by atoms with Crippen molar-refractivity contribution in [1.82, 2.24) is 4.90 Å². The summed E-state index contributed by atoms with van der Waals surface area (Å²) in [7, 11) is 0. The Kier molecular flexibility index (Phi) is 4.58. The summed E-state index contributed by atoms with van der Waals surface area (Å²) < 4.78 is 40.5. The monoisotopic (exact) mass is 364 g/mol. The van der Waals surface area contributed by atoms with Gasteiger partial charge >= 0.3 is 6.36 Å². The molecule has 2 amide bonds. The van der Waals surface area contributed by atoms with E-state index < -0.39 is 30.0 Å². The van der Waals surface area contributed by atoms with Gasteiger partial charge < -0.3 is 15.4 Å². The summed E-state index contributed by atoms with van der Waals surface area (Å²) in [6.45, 7) is 0.198. The fourth-order valence-electron chi connectivity index (χ4n) is 2.96. The van der Waals surface area contributed by atoms with Crippen LogP contribution in [0.25, 0.3) is 0 Å². The van der Waals surface area contributed by atoms with Crippen molar-refractivity contribution in [1.29, 1.82) is 0 Å². The number of nitrogens with two attached hydrogens (primary N) is 1. The zero-order valence-electron chi connectivity index (χ0n) is 13.5. The lowest BCUT2D eigenvalue weighted by atomic mass is 9.93. The van der Waals surface area contributed by atoms with Gasteiger partial charge in [0.25, 0.3) is 5.91 Å². The van der Waals surface area contributed by atoms with Gasteiger partial charge in [-0.15, -0.1) is 13.2 Å². The number of alkyl halides is 3. The highest BCUT2D eigenvalue weighted by Gasteiger charge is 2.34. The molecule has 8 heteroatoms. The van der Waals surface area contributed by atoms with Gasteiger partial charge in [0.1, 0.15) is 11.8 Å². The molecule has 136 valence electrons. The Morgan fingerprint density at radius 1 is 1.04 bits per heavy atom. The number of carbonyl (C=O) groups is 2. The van der Waals surface area contributed by atoms with Crippen LogP contribution in [0.3, 0.4) is 0 Å². The summed E-state index contributed by atoms with van der Waals surface area (Å²) in [5.41, 5.74) is 7.43. The van der Waals surface area contributed by atoms with E-state index in [2.05, 4.69) is 4.74 Å². The number of fused-ring (bicyclic) bond motifs is 1. The summed E-state index contributed by atoms with van der Waals surface area (Å²) in [6, 6.07) is 11.1. The van der Waals surface area contributed by atoms with Gasteiger partial charge in [0.15, 0.2) is 0 Å². The molecule has 1 atom stereocenters. The number of nitrogens with zero attached hydrogens (tertiary/aromatic N) is 1. The van der Waals surface area contributed by atoms with Crippen LogP contribution in [0, 0.1) is 0 Å². The van der Waals surface area contributed by atoms with Crippen LogP contribution in [0.2, 0.25) is 0 Å². The fourth-order valence-corrected chi connectivity index (χ4v) is 2.96. The molecule has 1 aliphatic heterocycles. The van der Waals surface area contributed by atoms with Gasteiger partial charge in [-0.3, -0.25) is 9.59 Å². The minimum absolute atomic E-state index is 0.144. The number of rotatable bonds is 3. The molecule has 0 fully saturated rings. The highest BCUT2D eigenvalue weighted by atomic mass is 19.4. The molecule has 0 saturated carbocycles. The van der Waals surface area contributed by atoms with Crippen molar-refractivity contribution < 1.29 is 27.5 Å². The first kappa shape index (κ1) is 17.8. The van der Waals surface area contributed by atoms with E-state index in [0.717, 1.165) is 23.3 Å². The maximum atomic E-state index is 12.8. The smallest absolute Gasteiger partial charge is 0.406 e. The minimum Gasteiger partial charge on any atom is -0.406 e. The average Bonchev–Trinajstić information content (AvgIpc) is 2.59. The second-order valence-electron chi connectivity index (χ2n) is 5.90. The van der Waals surface area contributed by atoms with Crippen LogP contribution in [-0.4, -0.2) is 29.1 Å². The summed E-state index contributed by atoms with van der Waals surface area (Å²) >= 11 is 0. The molecule has 1 aliphatic rings. The molecule has 2 N–H and O–H groups in total. The van der Waals surface area contributed by atoms with Crippen molar-refractivity contribution in [3.8, 4) is 5.75 Å². The van der Waals surface area contributed by atoms with Crippen molar-refractivity contribution in [2.24, 2.45) is 5.73 Å². The maximum absolute atomic E-state index is 12.8. The van der Waals surface area contributed by atoms with E-state index in [1.54, 1.807) is 0 Å². The van der Waals surface area contributed by atoms with E-state index in [0.29, 0.717) is 6.42 Å². The molecule has 0 bridgehead atoms. The normalized spacial score (nSPS) is 16.7. The molecule has 2 aromatic rings. The number of benzene rings is 2. The number of carbonyl (C=O) groups excluding carboxylic acids is 2. The first-order valence-electron chi connectivity index (χ1n) is 7.77. The van der Waals surface area contributed by atoms with Gasteiger partial charge in [0.2, 0.25) is 5.91 Å². The predicted molar refractivity (Wildman–Crippen MR) is 86.1 cm³/mol. The molecule has 0 aliphatic carbocycles. The van der Waals surface area contributed by atoms with Gasteiger partial charge in [-0.25, -0.2) is 0 Å². The maximum Gasteiger partial charge on any atom is 0.573 e. The molecule has 1 heterocycles. The first-order chi connectivity index (χ1) is 12.2. The summed E-state index contributed by atoms with van der Waals surface area (Å²) in [5.74, 6) is -1.55. The Bertz CT molecular complexity index is 834. The van der Waals surface area contributed by atoms with E-state index in [1.807, 2.05) is 24.3 Å². The van der Waals surface area contributed by atoms with Crippen LogP contribution in [0.5, 0.6) is 5.75 Å². The molecular formula is C18H15F3N2O3. The quantitative estimate of drug-likeness (QED) is 0.910. The van der Waals surface area contributed by atoms with Crippen molar-refractivity contribution in [3.63, 3.8) is 0 Å². The van der Waals surface area contributed by atoms with Crippen LogP contribution in [0.15, 0.2) is 48.5 Å². The number of hydrogen-bond donors (Lipinski definition) is 1. The van der Waals surface area contributed by atoms with E-state index in [1.165, 1.54) is 17.0 Å². The van der Waals surface area contributed by atoms with Crippen LogP contribution >= 0.6 is 0 Å². The van der Waals surface area contributed by atoms with E-state index in [4.69, 9.17) is 5.73 Å². The third-order valence-corrected chi connectivity index (χ3v) is 4.17. The Hall–Kier alpha value is -3.03. The van der Waals surface area contributed by atoms with E-state index in [-0.39, 0.29) is 12.1 Å². The molecule has 5 nitrogen and oxygen atoms in total. The Balaban J connectivity index is 1.84. The lowest BCUT2D eigenvalue weighted by Crippen LogP contribution is -2.51. The standard InChI is InChI=1S/C18H15F3N2O3/c19-18(20,21)26-14-7-5-11(6-8-14)17(25)23-10-13-4-2-1-3-12(13)9-15(23)16(22)24/h1-8,15H,9-10H2,(H2,22,24)/t15-/m0/s1. The van der Waals surface area contributed by atoms with Gasteiger partial charge in [0.05, 0.1) is 0 Å². The highest BCUT2D eigenvalue weighted by Crippen LogP contribution is 2.27. The fraction of sp³-hybridized carbons (Fsp3) is 0.222. The summed E-state index contributed by atoms with van der Waals surface area (Å²) in [5, 5.41) is 0. The molecule has 0 spiro atoms. The second kappa shape index (κ2) is 6.70. The average molecular weight is 364 g/mol. The van der Waals surface area contributed by atoms with Crippen molar-refractivity contribution in [2.75, 3.05) is 0 Å². The van der Waals surface area contributed by atoms with Crippen LogP contribution in [0.1, 0.15) is 21.5 Å². The number of primary amides is 1. The number of ether oxygens (including phenoxy) is 1. The molecular weight excluding hydrogens is 349 g/mol. The molecule has 0 unspecified atom stereocenters. The third-order valence-electron chi connectivity index (χ3n) is 4.17. The topological polar surface area (TPSA) is 72.6 Å². The number of hydrogen-bond acceptors (Lipinski definition) is 3. The van der Waals surface area contributed by atoms with Gasteiger partial charge in [-0.2, -0.15) is 0 Å². The largest absolute Gasteiger partial charge is 0.573 e. The first-order valence-corrected chi connectivity index (χ1v) is 7.77. The molecule has 2 aromatic carbocycles. The number of halogens is 3. The minimum atomic E-state index is -4.81. The summed E-state index contributed by atoms with van der Waals surface area (Å²) in [4.78, 5) is 25.9. The summed E-state index contributed by atoms with van der Waals surface area (Å²) in [6.07, 6.45) is -4.51. The van der Waals surface area contributed by atoms with E-state index in [9.17, 15) is 22.8 Å². The van der Waals surface area contributed by atoms with Crippen molar-refractivity contribution in [3.05, 3.63) is 65.2 Å². The van der Waals surface area contributed by atoms with Gasteiger partial charge in [0, 0.05) is 18.5 Å². The van der Waals surface area contributed by atoms with Gasteiger partial charge in [-0.1, -0.05) is 24.3 Å². The van der Waals surface area contributed by atoms with Crippen molar-refractivity contribution >= 4 is 11.8 Å². The third kappa shape index (κ3) is 3.79. The Morgan fingerprint density at radius 3 is 2.23 bits per heavy atom. The lowest BCUT2D eigenvalue weighted by molar-refractivity contribution is -0.274. The molecule has 3 rings (SSSR count). The molecule has 26 heavy (non-hydrogen) atoms. The number of amides is 2. The zero-order chi connectivity index (χ0) is 18.9. The second-order valence-corrected chi connectivity index (χ2v) is 5.90. The Labute approximate surface area is 147 Å². The molecule has 0 aromatic heterocycles.